The van der Waals surface area contributed by atoms with Crippen molar-refractivity contribution in [2.24, 2.45) is 0 Å². The van der Waals surface area contributed by atoms with Crippen molar-refractivity contribution in [3.8, 4) is 11.5 Å². The van der Waals surface area contributed by atoms with Crippen LogP contribution in [-0.4, -0.2) is 65.5 Å². The first kappa shape index (κ1) is 23.5. The number of methoxy groups -OCH3 is 2. The average Bonchev–Trinajstić information content (AvgIpc) is 3.39. The predicted octanol–water partition coefficient (Wildman–Crippen LogP) is 4.25. The summed E-state index contributed by atoms with van der Waals surface area (Å²) in [6, 6.07) is 12.9. The minimum absolute atomic E-state index is 0.187. The van der Waals surface area contributed by atoms with Crippen LogP contribution in [0, 0.1) is 5.82 Å². The molecule has 1 aliphatic heterocycles. The molecule has 0 spiro atoms. The van der Waals surface area contributed by atoms with E-state index in [0.29, 0.717) is 24.8 Å². The van der Waals surface area contributed by atoms with Gasteiger partial charge in [0.1, 0.15) is 23.4 Å². The molecule has 0 amide bonds. The standard InChI is InChI=1S/C26H33FN6O2/c1-34-20-12-13-24(35-2)21(18-20)25(26-28-29-30-33(26)19-8-4-3-5-9-19)32-16-14-31(15-17-32)23-11-7-6-10-22(23)27/h6-7,10-13,18-19,25H,3-5,8-9,14-17H2,1-2H3. The first-order valence-electron chi connectivity index (χ1n) is 12.4. The van der Waals surface area contributed by atoms with Gasteiger partial charge in [0.25, 0.3) is 0 Å². The minimum atomic E-state index is -0.209. The number of benzene rings is 2. The molecule has 2 aromatic carbocycles. The van der Waals surface area contributed by atoms with Crippen molar-refractivity contribution in [3.05, 3.63) is 59.7 Å². The summed E-state index contributed by atoms with van der Waals surface area (Å²) in [5.41, 5.74) is 1.62. The zero-order valence-corrected chi connectivity index (χ0v) is 20.4. The number of rotatable bonds is 7. The third-order valence-electron chi connectivity index (χ3n) is 7.29. The number of hydrogen-bond acceptors (Lipinski definition) is 7. The van der Waals surface area contributed by atoms with Crippen molar-refractivity contribution in [1.82, 2.24) is 25.1 Å². The molecule has 186 valence electrons. The Balaban J connectivity index is 1.50. The normalized spacial score (nSPS) is 18.4. The second kappa shape index (κ2) is 10.6. The van der Waals surface area contributed by atoms with Gasteiger partial charge in [0, 0.05) is 31.7 Å². The van der Waals surface area contributed by atoms with E-state index in [4.69, 9.17) is 9.47 Å². The molecule has 1 aliphatic carbocycles. The molecule has 1 saturated heterocycles. The highest BCUT2D eigenvalue weighted by Crippen LogP contribution is 2.39. The molecule has 1 atom stereocenters. The van der Waals surface area contributed by atoms with Gasteiger partial charge in [0.2, 0.25) is 0 Å². The lowest BCUT2D eigenvalue weighted by Crippen LogP contribution is -2.48. The average molecular weight is 481 g/mol. The van der Waals surface area contributed by atoms with E-state index in [-0.39, 0.29) is 11.9 Å². The number of nitrogens with zero attached hydrogens (tertiary/aromatic N) is 6. The maximum atomic E-state index is 14.4. The Morgan fingerprint density at radius 2 is 1.71 bits per heavy atom. The summed E-state index contributed by atoms with van der Waals surface area (Å²) in [7, 11) is 3.35. The van der Waals surface area contributed by atoms with Crippen LogP contribution >= 0.6 is 0 Å². The molecule has 0 N–H and O–H groups in total. The fraction of sp³-hybridized carbons (Fsp3) is 0.500. The van der Waals surface area contributed by atoms with Crippen LogP contribution in [0.5, 0.6) is 11.5 Å². The quantitative estimate of drug-likeness (QED) is 0.501. The summed E-state index contributed by atoms with van der Waals surface area (Å²) >= 11 is 0. The monoisotopic (exact) mass is 480 g/mol. The SMILES string of the molecule is COc1ccc(OC)c(C(c2nnnn2C2CCCCC2)N2CCN(c3ccccc3F)CC2)c1. The van der Waals surface area contributed by atoms with Crippen LogP contribution in [0.15, 0.2) is 42.5 Å². The number of para-hydroxylation sites is 1. The van der Waals surface area contributed by atoms with E-state index in [1.807, 2.05) is 35.0 Å². The smallest absolute Gasteiger partial charge is 0.173 e. The second-order valence-corrected chi connectivity index (χ2v) is 9.26. The molecule has 2 fully saturated rings. The Morgan fingerprint density at radius 3 is 2.43 bits per heavy atom. The number of ether oxygens (including phenoxy) is 2. The van der Waals surface area contributed by atoms with E-state index < -0.39 is 0 Å². The van der Waals surface area contributed by atoms with Crippen molar-refractivity contribution in [2.45, 2.75) is 44.2 Å². The van der Waals surface area contributed by atoms with Gasteiger partial charge in [-0.25, -0.2) is 9.07 Å². The number of halogens is 1. The Morgan fingerprint density at radius 1 is 0.943 bits per heavy atom. The highest BCUT2D eigenvalue weighted by Gasteiger charge is 2.35. The van der Waals surface area contributed by atoms with Crippen LogP contribution in [0.4, 0.5) is 10.1 Å². The topological polar surface area (TPSA) is 68.5 Å². The van der Waals surface area contributed by atoms with Gasteiger partial charge < -0.3 is 14.4 Å². The van der Waals surface area contributed by atoms with Crippen molar-refractivity contribution in [2.75, 3.05) is 45.3 Å². The first-order valence-corrected chi connectivity index (χ1v) is 12.4. The van der Waals surface area contributed by atoms with E-state index in [0.717, 1.165) is 48.8 Å². The molecule has 1 unspecified atom stereocenters. The Kier molecular flexibility index (Phi) is 7.13. The van der Waals surface area contributed by atoms with Gasteiger partial charge in [-0.3, -0.25) is 4.90 Å². The molecule has 3 aromatic rings. The number of tetrazole rings is 1. The zero-order chi connectivity index (χ0) is 24.2. The third-order valence-corrected chi connectivity index (χ3v) is 7.29. The van der Waals surface area contributed by atoms with Gasteiger partial charge >= 0.3 is 0 Å². The molecule has 1 saturated carbocycles. The molecule has 9 heteroatoms. The number of aromatic nitrogens is 4. The van der Waals surface area contributed by atoms with Crippen molar-refractivity contribution in [1.29, 1.82) is 0 Å². The molecular weight excluding hydrogens is 447 g/mol. The van der Waals surface area contributed by atoms with Gasteiger partial charge in [-0.1, -0.05) is 31.4 Å². The second-order valence-electron chi connectivity index (χ2n) is 9.26. The summed E-state index contributed by atoms with van der Waals surface area (Å²) in [6.45, 7) is 2.87. The van der Waals surface area contributed by atoms with Gasteiger partial charge in [0.05, 0.1) is 25.9 Å². The van der Waals surface area contributed by atoms with Crippen LogP contribution in [-0.2, 0) is 0 Å². The molecule has 0 radical (unpaired) electrons. The van der Waals surface area contributed by atoms with Crippen molar-refractivity contribution in [3.63, 3.8) is 0 Å². The first-order chi connectivity index (χ1) is 17.2. The molecule has 2 aliphatic rings. The molecule has 8 nitrogen and oxygen atoms in total. The van der Waals surface area contributed by atoms with Crippen LogP contribution in [0.1, 0.15) is 55.6 Å². The van der Waals surface area contributed by atoms with E-state index in [1.54, 1.807) is 20.3 Å². The highest BCUT2D eigenvalue weighted by atomic mass is 19.1. The Bertz CT molecular complexity index is 1120. The number of piperazine rings is 1. The Labute approximate surface area is 205 Å². The minimum Gasteiger partial charge on any atom is -0.497 e. The summed E-state index contributed by atoms with van der Waals surface area (Å²) in [5.74, 6) is 2.16. The largest absolute Gasteiger partial charge is 0.497 e. The summed E-state index contributed by atoms with van der Waals surface area (Å²) in [4.78, 5) is 4.48. The van der Waals surface area contributed by atoms with Crippen LogP contribution in [0.25, 0.3) is 0 Å². The predicted molar refractivity (Wildman–Crippen MR) is 132 cm³/mol. The molecule has 35 heavy (non-hydrogen) atoms. The molecule has 0 bridgehead atoms. The van der Waals surface area contributed by atoms with Gasteiger partial charge in [-0.15, -0.1) is 5.10 Å². The van der Waals surface area contributed by atoms with Crippen LogP contribution in [0.3, 0.4) is 0 Å². The lowest BCUT2D eigenvalue weighted by Gasteiger charge is -2.40. The highest BCUT2D eigenvalue weighted by molar-refractivity contribution is 5.48. The summed E-state index contributed by atoms with van der Waals surface area (Å²) < 4.78 is 27.8. The molecular formula is C26H33FN6O2. The van der Waals surface area contributed by atoms with Gasteiger partial charge in [0.15, 0.2) is 5.82 Å². The molecule has 2 heterocycles. The maximum absolute atomic E-state index is 14.4. The Hall–Kier alpha value is -3.20. The summed E-state index contributed by atoms with van der Waals surface area (Å²) in [6.07, 6.45) is 5.82. The third kappa shape index (κ3) is 4.82. The van der Waals surface area contributed by atoms with E-state index in [1.165, 1.54) is 25.3 Å². The lowest BCUT2D eigenvalue weighted by molar-refractivity contribution is 0.190. The number of hydrogen-bond donors (Lipinski definition) is 0. The fourth-order valence-corrected chi connectivity index (χ4v) is 5.45. The molecule has 5 rings (SSSR count). The van der Waals surface area contributed by atoms with Crippen LogP contribution in [0.2, 0.25) is 0 Å². The van der Waals surface area contributed by atoms with Gasteiger partial charge in [-0.05, 0) is 53.6 Å². The zero-order valence-electron chi connectivity index (χ0n) is 20.4. The van der Waals surface area contributed by atoms with Gasteiger partial charge in [-0.2, -0.15) is 0 Å². The summed E-state index contributed by atoms with van der Waals surface area (Å²) in [5, 5.41) is 13.1. The van der Waals surface area contributed by atoms with E-state index in [2.05, 4.69) is 25.3 Å². The van der Waals surface area contributed by atoms with Crippen molar-refractivity contribution < 1.29 is 13.9 Å². The van der Waals surface area contributed by atoms with Crippen molar-refractivity contribution >= 4 is 5.69 Å². The van der Waals surface area contributed by atoms with Crippen LogP contribution < -0.4 is 14.4 Å². The maximum Gasteiger partial charge on any atom is 0.173 e. The fourth-order valence-electron chi connectivity index (χ4n) is 5.45. The molecule has 1 aromatic heterocycles. The lowest BCUT2D eigenvalue weighted by atomic mass is 9.94. The van der Waals surface area contributed by atoms with E-state index in [9.17, 15) is 4.39 Å². The number of anilines is 1. The van der Waals surface area contributed by atoms with E-state index >= 15 is 0 Å².